The standard InChI is InChI=1S/C14H9Cl2NO3/c15-10-4-2-1-3-9(10)13(18)17-12-7-8(14(19)20)5-6-11(12)16/h1-7H,(H,17,18)(H,19,20)/p-1. The molecule has 1 amide bonds. The van der Waals surface area contributed by atoms with Crippen LogP contribution in [0, 0.1) is 0 Å². The van der Waals surface area contributed by atoms with Gasteiger partial charge in [-0.15, -0.1) is 0 Å². The first-order valence-electron chi connectivity index (χ1n) is 5.56. The zero-order chi connectivity index (χ0) is 14.7. The summed E-state index contributed by atoms with van der Waals surface area (Å²) in [5.74, 6) is -1.83. The van der Waals surface area contributed by atoms with Crippen LogP contribution in [0.2, 0.25) is 10.0 Å². The van der Waals surface area contributed by atoms with E-state index in [1.165, 1.54) is 18.2 Å². The molecule has 102 valence electrons. The van der Waals surface area contributed by atoms with Crippen LogP contribution in [0.4, 0.5) is 5.69 Å². The molecule has 2 aromatic carbocycles. The molecule has 0 aromatic heterocycles. The minimum absolute atomic E-state index is 0.0798. The highest BCUT2D eigenvalue weighted by molar-refractivity contribution is 6.36. The second-order valence-electron chi connectivity index (χ2n) is 3.92. The number of halogens is 2. The summed E-state index contributed by atoms with van der Waals surface area (Å²) in [6.45, 7) is 0. The van der Waals surface area contributed by atoms with Gasteiger partial charge in [0.05, 0.1) is 27.3 Å². The van der Waals surface area contributed by atoms with Crippen molar-refractivity contribution < 1.29 is 14.7 Å². The molecule has 0 aliphatic heterocycles. The molecule has 0 spiro atoms. The number of carbonyl (C=O) groups is 2. The number of amides is 1. The van der Waals surface area contributed by atoms with Crippen molar-refractivity contribution in [2.45, 2.75) is 0 Å². The van der Waals surface area contributed by atoms with E-state index in [-0.39, 0.29) is 26.9 Å². The molecule has 0 aliphatic carbocycles. The highest BCUT2D eigenvalue weighted by atomic mass is 35.5. The Balaban J connectivity index is 2.30. The van der Waals surface area contributed by atoms with Gasteiger partial charge in [-0.25, -0.2) is 0 Å². The first-order valence-corrected chi connectivity index (χ1v) is 6.31. The second kappa shape index (κ2) is 5.94. The Morgan fingerprint density at radius 2 is 1.70 bits per heavy atom. The van der Waals surface area contributed by atoms with Gasteiger partial charge in [0.1, 0.15) is 0 Å². The van der Waals surface area contributed by atoms with Crippen LogP contribution in [-0.2, 0) is 0 Å². The van der Waals surface area contributed by atoms with E-state index in [4.69, 9.17) is 23.2 Å². The largest absolute Gasteiger partial charge is 0.545 e. The number of carboxylic acid groups (broad SMARTS) is 1. The summed E-state index contributed by atoms with van der Waals surface area (Å²) in [6, 6.07) is 10.4. The lowest BCUT2D eigenvalue weighted by molar-refractivity contribution is -0.255. The first-order chi connectivity index (χ1) is 9.49. The topological polar surface area (TPSA) is 69.2 Å². The second-order valence-corrected chi connectivity index (χ2v) is 4.73. The molecule has 0 saturated carbocycles. The minimum Gasteiger partial charge on any atom is -0.545 e. The van der Waals surface area contributed by atoms with E-state index in [0.29, 0.717) is 0 Å². The lowest BCUT2D eigenvalue weighted by atomic mass is 10.1. The van der Waals surface area contributed by atoms with Crippen molar-refractivity contribution in [2.24, 2.45) is 0 Å². The van der Waals surface area contributed by atoms with Gasteiger partial charge in [-0.2, -0.15) is 0 Å². The number of carboxylic acids is 1. The zero-order valence-corrected chi connectivity index (χ0v) is 11.5. The van der Waals surface area contributed by atoms with Crippen molar-refractivity contribution in [2.75, 3.05) is 5.32 Å². The third kappa shape index (κ3) is 3.10. The molecular weight excluding hydrogens is 301 g/mol. The molecule has 0 saturated heterocycles. The maximum atomic E-state index is 12.1. The van der Waals surface area contributed by atoms with Crippen LogP contribution < -0.4 is 10.4 Å². The summed E-state index contributed by atoms with van der Waals surface area (Å²) in [4.78, 5) is 22.8. The Kier molecular flexibility index (Phi) is 4.27. The molecule has 0 fully saturated rings. The monoisotopic (exact) mass is 308 g/mol. The van der Waals surface area contributed by atoms with Crippen LogP contribution in [0.15, 0.2) is 42.5 Å². The van der Waals surface area contributed by atoms with E-state index < -0.39 is 11.9 Å². The number of aromatic carboxylic acids is 1. The number of rotatable bonds is 3. The number of hydrogen-bond acceptors (Lipinski definition) is 3. The Morgan fingerprint density at radius 3 is 2.35 bits per heavy atom. The molecule has 0 unspecified atom stereocenters. The molecule has 0 aliphatic rings. The van der Waals surface area contributed by atoms with E-state index in [9.17, 15) is 14.7 Å². The van der Waals surface area contributed by atoms with Crippen molar-refractivity contribution in [1.29, 1.82) is 0 Å². The minimum atomic E-state index is -1.35. The van der Waals surface area contributed by atoms with E-state index in [0.717, 1.165) is 0 Å². The molecule has 2 aromatic rings. The summed E-state index contributed by atoms with van der Waals surface area (Å²) in [5, 5.41) is 13.8. The average Bonchev–Trinajstić information content (AvgIpc) is 2.41. The zero-order valence-electron chi connectivity index (χ0n) is 10.0. The van der Waals surface area contributed by atoms with Crippen LogP contribution in [0.5, 0.6) is 0 Å². The fourth-order valence-corrected chi connectivity index (χ4v) is 1.97. The Labute approximate surface area is 124 Å². The summed E-state index contributed by atoms with van der Waals surface area (Å²) in [6.07, 6.45) is 0. The third-order valence-electron chi connectivity index (χ3n) is 2.57. The molecular formula is C14H8Cl2NO3-. The fraction of sp³-hybridized carbons (Fsp3) is 0. The van der Waals surface area contributed by atoms with Gasteiger partial charge in [0.2, 0.25) is 0 Å². The van der Waals surface area contributed by atoms with Crippen LogP contribution in [0.3, 0.4) is 0 Å². The SMILES string of the molecule is O=C([O-])c1ccc(Cl)c(NC(=O)c2ccccc2Cl)c1. The molecule has 0 atom stereocenters. The highest BCUT2D eigenvalue weighted by Gasteiger charge is 2.12. The van der Waals surface area contributed by atoms with Gasteiger partial charge in [0.25, 0.3) is 5.91 Å². The molecule has 0 bridgehead atoms. The molecule has 0 radical (unpaired) electrons. The van der Waals surface area contributed by atoms with Crippen molar-refractivity contribution >= 4 is 40.8 Å². The Hall–Kier alpha value is -2.04. The van der Waals surface area contributed by atoms with E-state index in [2.05, 4.69) is 5.32 Å². The van der Waals surface area contributed by atoms with Crippen LogP contribution in [0.1, 0.15) is 20.7 Å². The Morgan fingerprint density at radius 1 is 1.00 bits per heavy atom. The molecule has 1 N–H and O–H groups in total. The van der Waals surface area contributed by atoms with Crippen molar-refractivity contribution in [3.63, 3.8) is 0 Å². The molecule has 20 heavy (non-hydrogen) atoms. The first kappa shape index (κ1) is 14.4. The average molecular weight is 309 g/mol. The normalized spacial score (nSPS) is 10.1. The molecule has 2 rings (SSSR count). The predicted molar refractivity (Wildman–Crippen MR) is 75.2 cm³/mol. The summed E-state index contributed by atoms with van der Waals surface area (Å²) < 4.78 is 0. The fourth-order valence-electron chi connectivity index (χ4n) is 1.58. The number of benzene rings is 2. The van der Waals surface area contributed by atoms with Gasteiger partial charge in [-0.1, -0.05) is 41.4 Å². The maximum Gasteiger partial charge on any atom is 0.257 e. The van der Waals surface area contributed by atoms with Gasteiger partial charge in [0.15, 0.2) is 0 Å². The van der Waals surface area contributed by atoms with E-state index >= 15 is 0 Å². The number of carbonyl (C=O) groups excluding carboxylic acids is 2. The van der Waals surface area contributed by atoms with Gasteiger partial charge in [0, 0.05) is 0 Å². The van der Waals surface area contributed by atoms with Crippen LogP contribution >= 0.6 is 23.2 Å². The molecule has 0 heterocycles. The van der Waals surface area contributed by atoms with Gasteiger partial charge < -0.3 is 15.2 Å². The lowest BCUT2D eigenvalue weighted by Gasteiger charge is -2.10. The van der Waals surface area contributed by atoms with E-state index in [1.807, 2.05) is 0 Å². The van der Waals surface area contributed by atoms with Crippen molar-refractivity contribution in [3.8, 4) is 0 Å². The van der Waals surface area contributed by atoms with Crippen LogP contribution in [0.25, 0.3) is 0 Å². The van der Waals surface area contributed by atoms with Gasteiger partial charge in [-0.05, 0) is 29.8 Å². The number of anilines is 1. The summed E-state index contributed by atoms with van der Waals surface area (Å²) in [7, 11) is 0. The smallest absolute Gasteiger partial charge is 0.257 e. The third-order valence-corrected chi connectivity index (χ3v) is 3.23. The van der Waals surface area contributed by atoms with Crippen molar-refractivity contribution in [3.05, 3.63) is 63.6 Å². The quantitative estimate of drug-likeness (QED) is 0.947. The van der Waals surface area contributed by atoms with E-state index in [1.54, 1.807) is 24.3 Å². The van der Waals surface area contributed by atoms with Gasteiger partial charge in [-0.3, -0.25) is 4.79 Å². The lowest BCUT2D eigenvalue weighted by Crippen LogP contribution is -2.22. The van der Waals surface area contributed by atoms with Crippen molar-refractivity contribution in [1.82, 2.24) is 0 Å². The van der Waals surface area contributed by atoms with Gasteiger partial charge >= 0.3 is 0 Å². The molecule has 4 nitrogen and oxygen atoms in total. The number of hydrogen-bond donors (Lipinski definition) is 1. The summed E-state index contributed by atoms with van der Waals surface area (Å²) >= 11 is 11.8. The molecule has 6 heteroatoms. The van der Waals surface area contributed by atoms with Crippen LogP contribution in [-0.4, -0.2) is 11.9 Å². The Bertz CT molecular complexity index is 686. The number of nitrogens with one attached hydrogen (secondary N) is 1. The highest BCUT2D eigenvalue weighted by Crippen LogP contribution is 2.24. The maximum absolute atomic E-state index is 12.1. The predicted octanol–water partition coefficient (Wildman–Crippen LogP) is 2.61. The summed E-state index contributed by atoms with van der Waals surface area (Å²) in [5.41, 5.74) is 0.367.